The zero-order valence-corrected chi connectivity index (χ0v) is 8.38. The van der Waals surface area contributed by atoms with Gasteiger partial charge in [-0.05, 0) is 13.8 Å². The van der Waals surface area contributed by atoms with Crippen molar-refractivity contribution in [3.8, 4) is 6.07 Å². The summed E-state index contributed by atoms with van der Waals surface area (Å²) in [6.07, 6.45) is 0. The predicted molar refractivity (Wildman–Crippen MR) is 47.8 cm³/mol. The Morgan fingerprint density at radius 3 is 2.62 bits per heavy atom. The van der Waals surface area contributed by atoms with Crippen LogP contribution in [0.3, 0.4) is 0 Å². The van der Waals surface area contributed by atoms with E-state index in [4.69, 9.17) is 16.9 Å². The molecule has 0 bridgehead atoms. The van der Waals surface area contributed by atoms with E-state index in [-0.39, 0.29) is 12.5 Å². The number of amides is 1. The molecule has 0 aromatic rings. The minimum Gasteiger partial charge on any atom is -0.338 e. The second-order valence-electron chi connectivity index (χ2n) is 2.71. The van der Waals surface area contributed by atoms with Crippen LogP contribution in [0.5, 0.6) is 0 Å². The molecule has 0 spiro atoms. The molecule has 0 aliphatic rings. The molecule has 13 heavy (non-hydrogen) atoms. The molecule has 0 saturated heterocycles. The van der Waals surface area contributed by atoms with Crippen molar-refractivity contribution in [3.63, 3.8) is 0 Å². The third kappa shape index (κ3) is 4.09. The van der Waals surface area contributed by atoms with Gasteiger partial charge in [0.05, 0.1) is 12.0 Å². The van der Waals surface area contributed by atoms with Gasteiger partial charge in [0.15, 0.2) is 0 Å². The lowest BCUT2D eigenvalue weighted by Gasteiger charge is -2.21. The maximum atomic E-state index is 12.4. The summed E-state index contributed by atoms with van der Waals surface area (Å²) in [6, 6.07) is 1.96. The van der Waals surface area contributed by atoms with E-state index in [0.29, 0.717) is 6.54 Å². The van der Waals surface area contributed by atoms with Crippen LogP contribution in [0.2, 0.25) is 0 Å². The standard InChI is InChI=1S/C8H12ClFN2O/c1-3-12(5-6(2)4-11)8(13)7(9)10/h6-7H,3,5H2,1-2H3. The molecule has 0 aliphatic carbocycles. The number of nitriles is 1. The molecule has 2 atom stereocenters. The van der Waals surface area contributed by atoms with Crippen molar-refractivity contribution in [1.29, 1.82) is 5.26 Å². The molecule has 0 N–H and O–H groups in total. The zero-order valence-electron chi connectivity index (χ0n) is 7.63. The Bertz CT molecular complexity index is 215. The van der Waals surface area contributed by atoms with Crippen LogP contribution in [0, 0.1) is 17.2 Å². The smallest absolute Gasteiger partial charge is 0.272 e. The lowest BCUT2D eigenvalue weighted by atomic mass is 10.2. The maximum Gasteiger partial charge on any atom is 0.272 e. The van der Waals surface area contributed by atoms with E-state index in [2.05, 4.69) is 0 Å². The second kappa shape index (κ2) is 5.76. The average molecular weight is 207 g/mol. The quantitative estimate of drug-likeness (QED) is 0.655. The third-order valence-electron chi connectivity index (χ3n) is 1.59. The van der Waals surface area contributed by atoms with E-state index in [1.54, 1.807) is 13.8 Å². The molecule has 3 nitrogen and oxygen atoms in total. The first kappa shape index (κ1) is 12.2. The predicted octanol–water partition coefficient (Wildman–Crippen LogP) is 1.53. The topological polar surface area (TPSA) is 44.1 Å². The summed E-state index contributed by atoms with van der Waals surface area (Å²) in [5, 5.41) is 8.48. The highest BCUT2D eigenvalue weighted by molar-refractivity contribution is 6.29. The van der Waals surface area contributed by atoms with Gasteiger partial charge in [0.2, 0.25) is 0 Å². The van der Waals surface area contributed by atoms with Crippen molar-refractivity contribution in [2.45, 2.75) is 19.5 Å². The van der Waals surface area contributed by atoms with Crippen LogP contribution in [0.15, 0.2) is 0 Å². The number of hydrogen-bond acceptors (Lipinski definition) is 2. The van der Waals surface area contributed by atoms with Gasteiger partial charge in [-0.15, -0.1) is 0 Å². The van der Waals surface area contributed by atoms with Gasteiger partial charge in [-0.2, -0.15) is 5.26 Å². The Labute approximate surface area is 82.1 Å². The molecule has 0 aliphatic heterocycles. The Morgan fingerprint density at radius 2 is 2.31 bits per heavy atom. The third-order valence-corrected chi connectivity index (χ3v) is 1.78. The number of hydrogen-bond donors (Lipinski definition) is 0. The Hall–Kier alpha value is -0.820. The highest BCUT2D eigenvalue weighted by Crippen LogP contribution is 2.06. The molecular weight excluding hydrogens is 195 g/mol. The lowest BCUT2D eigenvalue weighted by molar-refractivity contribution is -0.133. The molecule has 0 rings (SSSR count). The fourth-order valence-electron chi connectivity index (χ4n) is 0.884. The summed E-state index contributed by atoms with van der Waals surface area (Å²) >= 11 is 4.99. The molecule has 74 valence electrons. The van der Waals surface area contributed by atoms with Crippen molar-refractivity contribution in [3.05, 3.63) is 0 Å². The summed E-state index contributed by atoms with van der Waals surface area (Å²) in [4.78, 5) is 12.3. The van der Waals surface area contributed by atoms with Crippen LogP contribution >= 0.6 is 11.6 Å². The van der Waals surface area contributed by atoms with Gasteiger partial charge in [0.25, 0.3) is 11.5 Å². The van der Waals surface area contributed by atoms with Crippen molar-refractivity contribution >= 4 is 17.5 Å². The molecular formula is C8H12ClFN2O. The minimum absolute atomic E-state index is 0.221. The highest BCUT2D eigenvalue weighted by Gasteiger charge is 2.21. The first-order valence-corrected chi connectivity index (χ1v) is 4.43. The van der Waals surface area contributed by atoms with Gasteiger partial charge in [0, 0.05) is 13.1 Å². The fourth-order valence-corrected chi connectivity index (χ4v) is 1.02. The van der Waals surface area contributed by atoms with Crippen LogP contribution < -0.4 is 0 Å². The number of rotatable bonds is 4. The van der Waals surface area contributed by atoms with Crippen molar-refractivity contribution in [2.75, 3.05) is 13.1 Å². The minimum atomic E-state index is -2.01. The normalized spacial score (nSPS) is 14.4. The molecule has 0 aromatic heterocycles. The number of carbonyl (C=O) groups is 1. The van der Waals surface area contributed by atoms with E-state index >= 15 is 0 Å². The maximum absolute atomic E-state index is 12.4. The van der Waals surface area contributed by atoms with Crippen molar-refractivity contribution < 1.29 is 9.18 Å². The summed E-state index contributed by atoms with van der Waals surface area (Å²) in [5.41, 5.74) is -2.01. The van der Waals surface area contributed by atoms with Gasteiger partial charge < -0.3 is 4.90 Å². The Morgan fingerprint density at radius 1 is 1.77 bits per heavy atom. The summed E-state index contributed by atoms with van der Waals surface area (Å²) in [6.45, 7) is 3.95. The van der Waals surface area contributed by atoms with Crippen molar-refractivity contribution in [2.24, 2.45) is 5.92 Å². The van der Waals surface area contributed by atoms with Crippen LogP contribution in [-0.2, 0) is 4.79 Å². The van der Waals surface area contributed by atoms with E-state index < -0.39 is 11.5 Å². The summed E-state index contributed by atoms with van der Waals surface area (Å²) < 4.78 is 12.4. The van der Waals surface area contributed by atoms with E-state index in [1.807, 2.05) is 6.07 Å². The first-order chi connectivity index (χ1) is 6.02. The van der Waals surface area contributed by atoms with Crippen LogP contribution in [0.1, 0.15) is 13.8 Å². The second-order valence-corrected chi connectivity index (χ2v) is 3.09. The summed E-state index contributed by atoms with van der Waals surface area (Å²) in [7, 11) is 0. The van der Waals surface area contributed by atoms with Gasteiger partial charge in [-0.1, -0.05) is 11.6 Å². The van der Waals surface area contributed by atoms with Gasteiger partial charge in [-0.3, -0.25) is 4.79 Å². The number of halogens is 2. The van der Waals surface area contributed by atoms with Gasteiger partial charge in [0.1, 0.15) is 0 Å². The van der Waals surface area contributed by atoms with Crippen molar-refractivity contribution in [1.82, 2.24) is 4.90 Å². The van der Waals surface area contributed by atoms with E-state index in [9.17, 15) is 9.18 Å². The Kier molecular flexibility index (Phi) is 5.40. The monoisotopic (exact) mass is 206 g/mol. The molecule has 0 fully saturated rings. The van der Waals surface area contributed by atoms with Crippen LogP contribution in [0.25, 0.3) is 0 Å². The molecule has 0 heterocycles. The molecule has 0 saturated carbocycles. The van der Waals surface area contributed by atoms with E-state index in [0.717, 1.165) is 0 Å². The molecule has 1 amide bonds. The SMILES string of the molecule is CCN(CC(C)C#N)C(=O)C(F)Cl. The van der Waals surface area contributed by atoms with Gasteiger partial charge >= 0.3 is 0 Å². The molecule has 0 radical (unpaired) electrons. The number of carbonyl (C=O) groups excluding carboxylic acids is 1. The average Bonchev–Trinajstić information content (AvgIpc) is 2.12. The van der Waals surface area contributed by atoms with Crippen LogP contribution in [-0.4, -0.2) is 29.5 Å². The summed E-state index contributed by atoms with van der Waals surface area (Å²) in [5.74, 6) is -1.08. The molecule has 5 heteroatoms. The molecule has 0 aromatic carbocycles. The fraction of sp³-hybridized carbons (Fsp3) is 0.750. The lowest BCUT2D eigenvalue weighted by Crippen LogP contribution is -2.37. The Balaban J connectivity index is 4.20. The van der Waals surface area contributed by atoms with Crippen LogP contribution in [0.4, 0.5) is 4.39 Å². The number of nitrogens with zero attached hydrogens (tertiary/aromatic N) is 2. The molecule has 2 unspecified atom stereocenters. The zero-order chi connectivity index (χ0) is 10.4. The first-order valence-electron chi connectivity index (χ1n) is 3.99. The highest BCUT2D eigenvalue weighted by atomic mass is 35.5. The van der Waals surface area contributed by atoms with Gasteiger partial charge in [-0.25, -0.2) is 4.39 Å². The van der Waals surface area contributed by atoms with E-state index in [1.165, 1.54) is 4.90 Å². The largest absolute Gasteiger partial charge is 0.338 e. The number of alkyl halides is 2.